The van der Waals surface area contributed by atoms with Gasteiger partial charge in [0.1, 0.15) is 13.2 Å². The highest BCUT2D eigenvalue weighted by Gasteiger charge is 2.19. The molecule has 0 aromatic carbocycles. The molecule has 6 nitrogen and oxygen atoms in total. The monoisotopic (exact) mass is 1040 g/mol. The second kappa shape index (κ2) is 63.4. The maximum Gasteiger partial charge on any atom is 0.306 e. The molecule has 0 heterocycles. The molecular formula is C68H128O6. The van der Waals surface area contributed by atoms with Crippen LogP contribution in [-0.2, 0) is 28.6 Å². The summed E-state index contributed by atoms with van der Waals surface area (Å²) in [4.78, 5) is 38.3. The average molecular weight is 1040 g/mol. The van der Waals surface area contributed by atoms with E-state index in [1.54, 1.807) is 0 Å². The van der Waals surface area contributed by atoms with Crippen LogP contribution in [-0.4, -0.2) is 37.2 Å². The van der Waals surface area contributed by atoms with E-state index < -0.39 is 6.10 Å². The summed E-state index contributed by atoms with van der Waals surface area (Å²) in [6.45, 7) is 6.67. The molecule has 0 fully saturated rings. The van der Waals surface area contributed by atoms with Gasteiger partial charge >= 0.3 is 17.9 Å². The summed E-state index contributed by atoms with van der Waals surface area (Å²) in [7, 11) is 0. The molecule has 1 unspecified atom stereocenters. The van der Waals surface area contributed by atoms with Crippen LogP contribution in [0, 0.1) is 0 Å². The lowest BCUT2D eigenvalue weighted by Gasteiger charge is -2.18. The lowest BCUT2D eigenvalue weighted by atomic mass is 10.0. The van der Waals surface area contributed by atoms with Crippen LogP contribution in [0.1, 0.15) is 374 Å². The van der Waals surface area contributed by atoms with E-state index in [0.717, 1.165) is 77.0 Å². The number of hydrogen-bond acceptors (Lipinski definition) is 6. The molecule has 0 spiro atoms. The van der Waals surface area contributed by atoms with Gasteiger partial charge in [-0.1, -0.05) is 334 Å². The van der Waals surface area contributed by atoms with Gasteiger partial charge in [-0.25, -0.2) is 0 Å². The zero-order chi connectivity index (χ0) is 53.6. The van der Waals surface area contributed by atoms with Crippen molar-refractivity contribution in [1.82, 2.24) is 0 Å². The highest BCUT2D eigenvalue weighted by molar-refractivity contribution is 5.71. The third-order valence-electron chi connectivity index (χ3n) is 15.2. The smallest absolute Gasteiger partial charge is 0.306 e. The van der Waals surface area contributed by atoms with Crippen LogP contribution in [0.25, 0.3) is 0 Å². The van der Waals surface area contributed by atoms with Crippen LogP contribution in [0.3, 0.4) is 0 Å². The molecule has 0 radical (unpaired) electrons. The Morgan fingerprint density at radius 3 is 0.784 bits per heavy atom. The predicted molar refractivity (Wildman–Crippen MR) is 321 cm³/mol. The standard InChI is InChI=1S/C68H128O6/c1-4-7-10-13-16-19-22-25-28-30-32-33-34-35-36-37-39-40-43-46-49-52-55-58-61-67(70)73-64-65(63-72-66(69)60-57-54-51-48-45-42-27-24-21-18-15-12-9-6-3)74-68(71)62-59-56-53-50-47-44-41-38-31-29-26-23-20-17-14-11-8-5-2/h15,18,24,27,65H,4-14,16-17,19-23,25-26,28-64H2,1-3H3/b18-15-,27-24-. The van der Waals surface area contributed by atoms with E-state index in [2.05, 4.69) is 45.1 Å². The van der Waals surface area contributed by atoms with Crippen molar-refractivity contribution in [3.05, 3.63) is 24.3 Å². The van der Waals surface area contributed by atoms with E-state index in [1.807, 2.05) is 0 Å². The summed E-state index contributed by atoms with van der Waals surface area (Å²) in [5.74, 6) is -0.854. The fraction of sp³-hybridized carbons (Fsp3) is 0.897. The number of esters is 3. The Hall–Kier alpha value is -2.11. The molecule has 1 atom stereocenters. The Balaban J connectivity index is 4.24. The van der Waals surface area contributed by atoms with Crippen molar-refractivity contribution in [3.63, 3.8) is 0 Å². The van der Waals surface area contributed by atoms with Crippen LogP contribution in [0.15, 0.2) is 24.3 Å². The van der Waals surface area contributed by atoms with Crippen molar-refractivity contribution in [1.29, 1.82) is 0 Å². The summed E-state index contributed by atoms with van der Waals surface area (Å²) in [6, 6.07) is 0. The first-order valence-electron chi connectivity index (χ1n) is 33.3. The number of carbonyl (C=O) groups is 3. The summed E-state index contributed by atoms with van der Waals surface area (Å²) in [5, 5.41) is 0. The van der Waals surface area contributed by atoms with Crippen molar-refractivity contribution in [3.8, 4) is 0 Å². The van der Waals surface area contributed by atoms with E-state index >= 15 is 0 Å². The van der Waals surface area contributed by atoms with Gasteiger partial charge in [0.15, 0.2) is 6.10 Å². The SMILES string of the molecule is CCCC/C=C\C/C=C\CCCCCCCC(=O)OCC(COC(=O)CCCCCCCCCCCCCCCCCCCCCCCCCC)OC(=O)CCCCCCCCCCCCCCCCCCCC. The van der Waals surface area contributed by atoms with Crippen molar-refractivity contribution in [2.24, 2.45) is 0 Å². The second-order valence-corrected chi connectivity index (χ2v) is 22.7. The fourth-order valence-corrected chi connectivity index (χ4v) is 10.2. The fourth-order valence-electron chi connectivity index (χ4n) is 10.2. The molecule has 0 aliphatic heterocycles. The number of unbranched alkanes of at least 4 members (excludes halogenated alkanes) is 47. The molecule has 0 rings (SSSR count). The Labute approximate surface area is 462 Å². The first-order chi connectivity index (χ1) is 36.5. The quantitative estimate of drug-likeness (QED) is 0.0261. The molecule has 0 saturated heterocycles. The molecule has 0 aromatic rings. The predicted octanol–water partition coefficient (Wildman–Crippen LogP) is 22.6. The summed E-state index contributed by atoms with van der Waals surface area (Å²) >= 11 is 0. The third kappa shape index (κ3) is 60.8. The first-order valence-corrected chi connectivity index (χ1v) is 33.3. The topological polar surface area (TPSA) is 78.9 Å². The number of carbonyl (C=O) groups excluding carboxylic acids is 3. The lowest BCUT2D eigenvalue weighted by Crippen LogP contribution is -2.30. The number of rotatable bonds is 62. The van der Waals surface area contributed by atoms with Crippen LogP contribution in [0.2, 0.25) is 0 Å². The largest absolute Gasteiger partial charge is 0.462 e. The van der Waals surface area contributed by atoms with Gasteiger partial charge in [0.05, 0.1) is 0 Å². The van der Waals surface area contributed by atoms with Crippen molar-refractivity contribution < 1.29 is 28.6 Å². The van der Waals surface area contributed by atoms with E-state index in [9.17, 15) is 14.4 Å². The Morgan fingerprint density at radius 1 is 0.270 bits per heavy atom. The van der Waals surface area contributed by atoms with Gasteiger partial charge in [-0.05, 0) is 44.9 Å². The highest BCUT2D eigenvalue weighted by atomic mass is 16.6. The molecule has 0 aliphatic rings. The molecule has 436 valence electrons. The first kappa shape index (κ1) is 71.9. The molecular weight excluding hydrogens is 913 g/mol. The van der Waals surface area contributed by atoms with Gasteiger partial charge in [0.25, 0.3) is 0 Å². The summed E-state index contributed by atoms with van der Waals surface area (Å²) < 4.78 is 17.0. The lowest BCUT2D eigenvalue weighted by molar-refractivity contribution is -0.167. The van der Waals surface area contributed by atoms with E-state index in [-0.39, 0.29) is 31.1 Å². The van der Waals surface area contributed by atoms with Gasteiger partial charge in [0, 0.05) is 19.3 Å². The zero-order valence-corrected chi connectivity index (χ0v) is 50.1. The molecule has 0 N–H and O–H groups in total. The minimum absolute atomic E-state index is 0.0695. The Bertz CT molecular complexity index is 1190. The molecule has 74 heavy (non-hydrogen) atoms. The van der Waals surface area contributed by atoms with Crippen molar-refractivity contribution >= 4 is 17.9 Å². The third-order valence-corrected chi connectivity index (χ3v) is 15.2. The van der Waals surface area contributed by atoms with Gasteiger partial charge in [-0.15, -0.1) is 0 Å². The van der Waals surface area contributed by atoms with Crippen LogP contribution >= 0.6 is 0 Å². The van der Waals surface area contributed by atoms with E-state index in [1.165, 1.54) is 257 Å². The van der Waals surface area contributed by atoms with Gasteiger partial charge in [-0.3, -0.25) is 14.4 Å². The van der Waals surface area contributed by atoms with Gasteiger partial charge in [0.2, 0.25) is 0 Å². The highest BCUT2D eigenvalue weighted by Crippen LogP contribution is 2.18. The maximum atomic E-state index is 12.9. The van der Waals surface area contributed by atoms with Crippen molar-refractivity contribution in [2.45, 2.75) is 380 Å². The van der Waals surface area contributed by atoms with Crippen LogP contribution in [0.5, 0.6) is 0 Å². The minimum Gasteiger partial charge on any atom is -0.462 e. The van der Waals surface area contributed by atoms with E-state index in [4.69, 9.17) is 14.2 Å². The number of ether oxygens (including phenoxy) is 3. The molecule has 0 saturated carbocycles. The zero-order valence-electron chi connectivity index (χ0n) is 50.1. The Kier molecular flexibility index (Phi) is 61.6. The normalized spacial score (nSPS) is 12.1. The molecule has 0 aromatic heterocycles. The van der Waals surface area contributed by atoms with Gasteiger partial charge < -0.3 is 14.2 Å². The minimum atomic E-state index is -0.773. The second-order valence-electron chi connectivity index (χ2n) is 22.7. The summed E-state index contributed by atoms with van der Waals surface area (Å²) in [5.41, 5.74) is 0. The molecule has 6 heteroatoms. The van der Waals surface area contributed by atoms with Crippen LogP contribution in [0.4, 0.5) is 0 Å². The van der Waals surface area contributed by atoms with E-state index in [0.29, 0.717) is 19.3 Å². The van der Waals surface area contributed by atoms with Crippen molar-refractivity contribution in [2.75, 3.05) is 13.2 Å². The number of hydrogen-bond donors (Lipinski definition) is 0. The molecule has 0 amide bonds. The molecule has 0 bridgehead atoms. The maximum absolute atomic E-state index is 12.9. The summed E-state index contributed by atoms with van der Waals surface area (Å²) in [6.07, 6.45) is 76.2. The van der Waals surface area contributed by atoms with Gasteiger partial charge in [-0.2, -0.15) is 0 Å². The number of allylic oxidation sites excluding steroid dienone is 4. The Morgan fingerprint density at radius 2 is 0.500 bits per heavy atom. The average Bonchev–Trinajstić information content (AvgIpc) is 3.40. The molecule has 0 aliphatic carbocycles. The van der Waals surface area contributed by atoms with Crippen LogP contribution < -0.4 is 0 Å².